The number of hydrogen-bond donors (Lipinski definition) is 1. The molecule has 0 unspecified atom stereocenters. The van der Waals surface area contributed by atoms with Crippen LogP contribution in [0.3, 0.4) is 0 Å². The maximum absolute atomic E-state index is 3.48. The van der Waals surface area contributed by atoms with Gasteiger partial charge in [-0.3, -0.25) is 5.32 Å². The van der Waals surface area contributed by atoms with Crippen molar-refractivity contribution in [3.8, 4) is 11.8 Å². The van der Waals surface area contributed by atoms with Gasteiger partial charge in [0.15, 0.2) is 0 Å². The van der Waals surface area contributed by atoms with Gasteiger partial charge in [-0.15, -0.1) is 0 Å². The van der Waals surface area contributed by atoms with Gasteiger partial charge in [0, 0.05) is 15.9 Å². The van der Waals surface area contributed by atoms with E-state index in [0.717, 1.165) is 11.0 Å². The maximum atomic E-state index is 3.48. The van der Waals surface area contributed by atoms with Crippen LogP contribution in [0.4, 0.5) is 0 Å². The van der Waals surface area contributed by atoms with Crippen LogP contribution >= 0.6 is 15.9 Å². The summed E-state index contributed by atoms with van der Waals surface area (Å²) in [5, 5.41) is 3.40. The Morgan fingerprint density at radius 2 is 2.06 bits per heavy atom. The molecule has 0 aliphatic carbocycles. The van der Waals surface area contributed by atoms with E-state index < -0.39 is 0 Å². The Hall–Kier alpha value is -0.780. The second-order valence-electron chi connectivity index (χ2n) is 5.21. The Morgan fingerprint density at radius 3 is 2.65 bits per heavy atom. The predicted octanol–water partition coefficient (Wildman–Crippen LogP) is 4.15. The molecule has 1 aromatic carbocycles. The summed E-state index contributed by atoms with van der Waals surface area (Å²) in [5.74, 6) is 6.39. The van der Waals surface area contributed by atoms with E-state index in [1.165, 1.54) is 5.56 Å². The molecule has 0 spiro atoms. The van der Waals surface area contributed by atoms with Crippen LogP contribution in [-0.2, 0) is 0 Å². The summed E-state index contributed by atoms with van der Waals surface area (Å²) < 4.78 is 1.12. The number of benzene rings is 1. The third-order valence-corrected chi connectivity index (χ3v) is 2.80. The normalized spacial score (nSPS) is 12.8. The molecule has 0 aromatic heterocycles. The van der Waals surface area contributed by atoms with Crippen LogP contribution in [0.2, 0.25) is 0 Å². The lowest BCUT2D eigenvalue weighted by Gasteiger charge is -2.13. The molecule has 1 aromatic rings. The summed E-state index contributed by atoms with van der Waals surface area (Å²) in [6, 6.07) is 8.67. The number of halogens is 1. The van der Waals surface area contributed by atoms with Gasteiger partial charge in [0.1, 0.15) is 0 Å². The molecule has 1 nitrogen and oxygen atoms in total. The second-order valence-corrected chi connectivity index (χ2v) is 6.13. The van der Waals surface area contributed by atoms with Crippen LogP contribution in [0.5, 0.6) is 0 Å². The van der Waals surface area contributed by atoms with Crippen molar-refractivity contribution in [3.63, 3.8) is 0 Å². The first kappa shape index (κ1) is 14.3. The van der Waals surface area contributed by atoms with Crippen molar-refractivity contribution >= 4 is 15.9 Å². The fourth-order valence-electron chi connectivity index (χ4n) is 1.41. The zero-order valence-corrected chi connectivity index (χ0v) is 12.6. The lowest BCUT2D eigenvalue weighted by atomic mass is 9.98. The van der Waals surface area contributed by atoms with E-state index in [4.69, 9.17) is 0 Å². The predicted molar refractivity (Wildman–Crippen MR) is 77.8 cm³/mol. The van der Waals surface area contributed by atoms with E-state index in [-0.39, 0.29) is 5.41 Å². The van der Waals surface area contributed by atoms with Crippen molar-refractivity contribution < 1.29 is 0 Å². The fourth-order valence-corrected chi connectivity index (χ4v) is 1.82. The molecule has 0 amide bonds. The average Bonchev–Trinajstić information content (AvgIpc) is 2.23. The van der Waals surface area contributed by atoms with Crippen molar-refractivity contribution in [3.05, 3.63) is 34.3 Å². The molecule has 1 atom stereocenters. The molecule has 17 heavy (non-hydrogen) atoms. The molecule has 0 radical (unpaired) electrons. The largest absolute Gasteiger partial charge is 0.300 e. The van der Waals surface area contributed by atoms with Crippen LogP contribution in [0.1, 0.15) is 39.3 Å². The molecule has 0 bridgehead atoms. The first-order valence-electron chi connectivity index (χ1n) is 5.87. The van der Waals surface area contributed by atoms with Crippen molar-refractivity contribution in [1.29, 1.82) is 0 Å². The smallest absolute Gasteiger partial charge is 0.0581 e. The van der Waals surface area contributed by atoms with E-state index >= 15 is 0 Å². The Kier molecular flexibility index (Phi) is 5.24. The summed E-state index contributed by atoms with van der Waals surface area (Å²) in [5.41, 5.74) is 1.36. The minimum Gasteiger partial charge on any atom is -0.300 e. The highest BCUT2D eigenvalue weighted by molar-refractivity contribution is 9.10. The van der Waals surface area contributed by atoms with Crippen molar-refractivity contribution in [2.75, 3.05) is 6.54 Å². The maximum Gasteiger partial charge on any atom is 0.0581 e. The highest BCUT2D eigenvalue weighted by atomic mass is 79.9. The van der Waals surface area contributed by atoms with Gasteiger partial charge in [-0.25, -0.2) is 0 Å². The van der Waals surface area contributed by atoms with Gasteiger partial charge in [0.05, 0.1) is 6.54 Å². The van der Waals surface area contributed by atoms with E-state index in [0.29, 0.717) is 6.04 Å². The molecular weight excluding hydrogens is 274 g/mol. The monoisotopic (exact) mass is 293 g/mol. The van der Waals surface area contributed by atoms with Gasteiger partial charge in [-0.2, -0.15) is 0 Å². The van der Waals surface area contributed by atoms with E-state index in [9.17, 15) is 0 Å². The standard InChI is InChI=1S/C15H20BrN/c1-12(13-7-5-8-14(16)11-13)17-10-6-9-15(2,3)4/h5,7-8,11-12,17H,10H2,1-4H3/t12-/m0/s1. The minimum absolute atomic E-state index is 0.0840. The molecule has 0 aliphatic heterocycles. The molecular formula is C15H20BrN. The summed E-state index contributed by atoms with van der Waals surface area (Å²) in [6.45, 7) is 9.25. The Morgan fingerprint density at radius 1 is 1.35 bits per heavy atom. The Bertz CT molecular complexity index is 421. The highest BCUT2D eigenvalue weighted by Gasteiger charge is 2.05. The molecule has 2 heteroatoms. The molecule has 0 saturated heterocycles. The van der Waals surface area contributed by atoms with Crippen LogP contribution in [0, 0.1) is 17.3 Å². The van der Waals surface area contributed by atoms with Gasteiger partial charge < -0.3 is 0 Å². The average molecular weight is 294 g/mol. The summed E-state index contributed by atoms with van der Waals surface area (Å²) >= 11 is 3.48. The van der Waals surface area contributed by atoms with Crippen LogP contribution in [0.15, 0.2) is 28.7 Å². The third-order valence-electron chi connectivity index (χ3n) is 2.31. The van der Waals surface area contributed by atoms with Gasteiger partial charge in [-0.1, -0.05) is 39.9 Å². The molecule has 0 heterocycles. The molecule has 92 valence electrons. The zero-order valence-electron chi connectivity index (χ0n) is 11.0. The lowest BCUT2D eigenvalue weighted by Crippen LogP contribution is -2.19. The first-order chi connectivity index (χ1) is 7.88. The van der Waals surface area contributed by atoms with E-state index in [1.807, 2.05) is 6.07 Å². The Balaban J connectivity index is 2.50. The second kappa shape index (κ2) is 6.23. The summed E-state index contributed by atoms with van der Waals surface area (Å²) in [4.78, 5) is 0. The first-order valence-corrected chi connectivity index (χ1v) is 6.67. The van der Waals surface area contributed by atoms with E-state index in [2.05, 4.69) is 79.0 Å². The highest BCUT2D eigenvalue weighted by Crippen LogP contribution is 2.17. The molecule has 1 rings (SSSR count). The molecule has 0 fully saturated rings. The number of hydrogen-bond acceptors (Lipinski definition) is 1. The lowest BCUT2D eigenvalue weighted by molar-refractivity contribution is 0.568. The van der Waals surface area contributed by atoms with E-state index in [1.54, 1.807) is 0 Å². The van der Waals surface area contributed by atoms with Crippen LogP contribution in [-0.4, -0.2) is 6.54 Å². The molecule has 1 N–H and O–H groups in total. The SMILES string of the molecule is C[C@H](NCC#CC(C)(C)C)c1cccc(Br)c1. The van der Waals surface area contributed by atoms with Gasteiger partial charge in [0.25, 0.3) is 0 Å². The third kappa shape index (κ3) is 5.91. The van der Waals surface area contributed by atoms with Crippen molar-refractivity contribution in [1.82, 2.24) is 5.32 Å². The molecule has 0 aliphatic rings. The van der Waals surface area contributed by atoms with Gasteiger partial charge in [0.2, 0.25) is 0 Å². The Labute approximate surface area is 113 Å². The quantitative estimate of drug-likeness (QED) is 0.826. The fraction of sp³-hybridized carbons (Fsp3) is 0.467. The van der Waals surface area contributed by atoms with Crippen molar-refractivity contribution in [2.45, 2.75) is 33.7 Å². The zero-order chi connectivity index (χ0) is 12.9. The summed E-state index contributed by atoms with van der Waals surface area (Å²) in [6.07, 6.45) is 0. The van der Waals surface area contributed by atoms with Gasteiger partial charge in [-0.05, 0) is 45.4 Å². The van der Waals surface area contributed by atoms with Crippen molar-refractivity contribution in [2.24, 2.45) is 5.41 Å². The van der Waals surface area contributed by atoms with Gasteiger partial charge >= 0.3 is 0 Å². The summed E-state index contributed by atoms with van der Waals surface area (Å²) in [7, 11) is 0. The number of rotatable bonds is 3. The van der Waals surface area contributed by atoms with Crippen LogP contribution in [0.25, 0.3) is 0 Å². The topological polar surface area (TPSA) is 12.0 Å². The number of nitrogens with one attached hydrogen (secondary N) is 1. The van der Waals surface area contributed by atoms with Crippen LogP contribution < -0.4 is 5.32 Å². The molecule has 0 saturated carbocycles. The minimum atomic E-state index is 0.0840.